The zero-order chi connectivity index (χ0) is 11.8. The van der Waals surface area contributed by atoms with Gasteiger partial charge in [-0.15, -0.1) is 0 Å². The van der Waals surface area contributed by atoms with Gasteiger partial charge in [0.05, 0.1) is 6.10 Å². The van der Waals surface area contributed by atoms with Crippen LogP contribution in [0.1, 0.15) is 47.0 Å². The summed E-state index contributed by atoms with van der Waals surface area (Å²) in [5.74, 6) is 0.703. The van der Waals surface area contributed by atoms with Gasteiger partial charge in [0.2, 0.25) is 5.91 Å². The second-order valence-corrected chi connectivity index (χ2v) is 4.55. The maximum absolute atomic E-state index is 11.3. The van der Waals surface area contributed by atoms with Gasteiger partial charge in [0.1, 0.15) is 0 Å². The van der Waals surface area contributed by atoms with Gasteiger partial charge >= 0.3 is 0 Å². The Morgan fingerprint density at radius 2 is 1.80 bits per heavy atom. The Balaban J connectivity index is 3.78. The van der Waals surface area contributed by atoms with E-state index in [-0.39, 0.29) is 5.91 Å². The fraction of sp³-hybridized carbons (Fsp3) is 0.917. The van der Waals surface area contributed by atoms with Crippen molar-refractivity contribution in [2.45, 2.75) is 53.1 Å². The number of amides is 1. The molecule has 2 N–H and O–H groups in total. The number of rotatable bonds is 7. The van der Waals surface area contributed by atoms with Gasteiger partial charge in [0, 0.05) is 13.0 Å². The third kappa shape index (κ3) is 6.50. The number of aliphatic hydroxyl groups excluding tert-OH is 1. The average molecular weight is 215 g/mol. The molecule has 0 aromatic carbocycles. The van der Waals surface area contributed by atoms with Crippen molar-refractivity contribution in [2.24, 2.45) is 11.8 Å². The first-order valence-corrected chi connectivity index (χ1v) is 5.95. The number of carbonyl (C=O) groups is 1. The molecule has 0 bridgehead atoms. The van der Waals surface area contributed by atoms with Crippen LogP contribution in [0.15, 0.2) is 0 Å². The SMILES string of the molecule is CCC(CC)C(O)CNC(=O)CC(C)C. The van der Waals surface area contributed by atoms with Crippen LogP contribution in [0, 0.1) is 11.8 Å². The molecule has 15 heavy (non-hydrogen) atoms. The fourth-order valence-corrected chi connectivity index (χ4v) is 1.66. The summed E-state index contributed by atoms with van der Waals surface area (Å²) in [6.07, 6.45) is 2.04. The predicted octanol–water partition coefficient (Wildman–Crippen LogP) is 1.95. The Labute approximate surface area is 93.3 Å². The molecular formula is C12H25NO2. The maximum Gasteiger partial charge on any atom is 0.220 e. The van der Waals surface area contributed by atoms with Gasteiger partial charge < -0.3 is 10.4 Å². The Hall–Kier alpha value is -0.570. The Kier molecular flexibility index (Phi) is 7.39. The van der Waals surface area contributed by atoms with Crippen molar-refractivity contribution < 1.29 is 9.90 Å². The lowest BCUT2D eigenvalue weighted by Crippen LogP contribution is -2.36. The molecule has 0 heterocycles. The summed E-state index contributed by atoms with van der Waals surface area (Å²) < 4.78 is 0. The molecule has 0 saturated carbocycles. The minimum Gasteiger partial charge on any atom is -0.391 e. The summed E-state index contributed by atoms with van der Waals surface area (Å²) in [7, 11) is 0. The van der Waals surface area contributed by atoms with Crippen molar-refractivity contribution in [3.05, 3.63) is 0 Å². The molecule has 0 aliphatic carbocycles. The molecule has 1 amide bonds. The average Bonchev–Trinajstić information content (AvgIpc) is 2.15. The van der Waals surface area contributed by atoms with Gasteiger partial charge in [-0.3, -0.25) is 4.79 Å². The normalized spacial score (nSPS) is 13.3. The standard InChI is InChI=1S/C12H25NO2/c1-5-10(6-2)11(14)8-13-12(15)7-9(3)4/h9-11,14H,5-8H2,1-4H3,(H,13,15). The monoisotopic (exact) mass is 215 g/mol. The van der Waals surface area contributed by atoms with E-state index in [0.717, 1.165) is 12.8 Å². The second kappa shape index (κ2) is 7.69. The summed E-state index contributed by atoms with van der Waals surface area (Å²) >= 11 is 0. The fourth-order valence-electron chi connectivity index (χ4n) is 1.66. The molecule has 0 radical (unpaired) electrons. The molecule has 0 fully saturated rings. The smallest absolute Gasteiger partial charge is 0.220 e. The molecule has 0 saturated heterocycles. The van der Waals surface area contributed by atoms with Gasteiger partial charge in [-0.1, -0.05) is 40.5 Å². The quantitative estimate of drug-likeness (QED) is 0.682. The molecule has 90 valence electrons. The summed E-state index contributed by atoms with van der Waals surface area (Å²) in [6.45, 7) is 8.53. The van der Waals surface area contributed by atoms with Crippen LogP contribution in [-0.4, -0.2) is 23.7 Å². The molecule has 0 spiro atoms. The van der Waals surface area contributed by atoms with E-state index in [1.54, 1.807) is 0 Å². The summed E-state index contributed by atoms with van der Waals surface area (Å²) in [6, 6.07) is 0. The summed E-state index contributed by atoms with van der Waals surface area (Å²) in [5.41, 5.74) is 0. The van der Waals surface area contributed by atoms with E-state index < -0.39 is 6.10 Å². The summed E-state index contributed by atoms with van der Waals surface area (Å²) in [4.78, 5) is 11.3. The summed E-state index contributed by atoms with van der Waals surface area (Å²) in [5, 5.41) is 12.6. The molecule has 0 aromatic heterocycles. The molecule has 0 aromatic rings. The number of aliphatic hydroxyl groups is 1. The third-order valence-corrected chi connectivity index (χ3v) is 2.69. The highest BCUT2D eigenvalue weighted by molar-refractivity contribution is 5.76. The third-order valence-electron chi connectivity index (χ3n) is 2.69. The van der Waals surface area contributed by atoms with E-state index in [9.17, 15) is 9.90 Å². The van der Waals surface area contributed by atoms with Crippen LogP contribution in [0.3, 0.4) is 0 Å². The van der Waals surface area contributed by atoms with Crippen LogP contribution >= 0.6 is 0 Å². The number of carbonyl (C=O) groups excluding carboxylic acids is 1. The minimum absolute atomic E-state index is 0.0370. The Morgan fingerprint density at radius 3 is 2.20 bits per heavy atom. The predicted molar refractivity (Wildman–Crippen MR) is 62.5 cm³/mol. The van der Waals surface area contributed by atoms with Gasteiger partial charge in [0.25, 0.3) is 0 Å². The van der Waals surface area contributed by atoms with Crippen molar-refractivity contribution in [3.8, 4) is 0 Å². The first-order valence-electron chi connectivity index (χ1n) is 5.95. The van der Waals surface area contributed by atoms with Crippen LogP contribution in [0.4, 0.5) is 0 Å². The van der Waals surface area contributed by atoms with E-state index in [0.29, 0.717) is 24.8 Å². The number of nitrogens with one attached hydrogen (secondary N) is 1. The van der Waals surface area contributed by atoms with Crippen LogP contribution in [0.25, 0.3) is 0 Å². The van der Waals surface area contributed by atoms with E-state index in [4.69, 9.17) is 0 Å². The molecule has 3 heteroatoms. The number of hydrogen-bond acceptors (Lipinski definition) is 2. The van der Waals surface area contributed by atoms with E-state index >= 15 is 0 Å². The van der Waals surface area contributed by atoms with E-state index in [1.165, 1.54) is 0 Å². The van der Waals surface area contributed by atoms with Crippen LogP contribution in [0.5, 0.6) is 0 Å². The lowest BCUT2D eigenvalue weighted by atomic mass is 9.96. The zero-order valence-electron chi connectivity index (χ0n) is 10.4. The van der Waals surface area contributed by atoms with Gasteiger partial charge in [-0.25, -0.2) is 0 Å². The molecule has 0 aliphatic heterocycles. The van der Waals surface area contributed by atoms with Crippen LogP contribution in [-0.2, 0) is 4.79 Å². The van der Waals surface area contributed by atoms with Crippen molar-refractivity contribution >= 4 is 5.91 Å². The van der Waals surface area contributed by atoms with Crippen molar-refractivity contribution in [3.63, 3.8) is 0 Å². The molecule has 0 aliphatic rings. The highest BCUT2D eigenvalue weighted by Gasteiger charge is 2.16. The topological polar surface area (TPSA) is 49.3 Å². The first kappa shape index (κ1) is 14.4. The van der Waals surface area contributed by atoms with E-state index in [1.807, 2.05) is 13.8 Å². The van der Waals surface area contributed by atoms with Crippen molar-refractivity contribution in [2.75, 3.05) is 6.54 Å². The maximum atomic E-state index is 11.3. The largest absolute Gasteiger partial charge is 0.391 e. The highest BCUT2D eigenvalue weighted by Crippen LogP contribution is 2.12. The molecule has 3 nitrogen and oxygen atoms in total. The molecule has 0 rings (SSSR count). The van der Waals surface area contributed by atoms with Crippen molar-refractivity contribution in [1.29, 1.82) is 0 Å². The highest BCUT2D eigenvalue weighted by atomic mass is 16.3. The Morgan fingerprint density at radius 1 is 1.27 bits per heavy atom. The van der Waals surface area contributed by atoms with E-state index in [2.05, 4.69) is 19.2 Å². The zero-order valence-corrected chi connectivity index (χ0v) is 10.4. The van der Waals surface area contributed by atoms with Crippen molar-refractivity contribution in [1.82, 2.24) is 5.32 Å². The lowest BCUT2D eigenvalue weighted by Gasteiger charge is -2.20. The van der Waals surface area contributed by atoms with Gasteiger partial charge in [-0.05, 0) is 11.8 Å². The second-order valence-electron chi connectivity index (χ2n) is 4.55. The number of hydrogen-bond donors (Lipinski definition) is 2. The molecule has 1 atom stereocenters. The van der Waals surface area contributed by atoms with Crippen LogP contribution < -0.4 is 5.32 Å². The molecular weight excluding hydrogens is 190 g/mol. The minimum atomic E-state index is -0.406. The Bertz CT molecular complexity index is 176. The van der Waals surface area contributed by atoms with Crippen LogP contribution in [0.2, 0.25) is 0 Å². The lowest BCUT2D eigenvalue weighted by molar-refractivity contribution is -0.122. The molecule has 1 unspecified atom stereocenters. The first-order chi connectivity index (χ1) is 7.01. The van der Waals surface area contributed by atoms with Gasteiger partial charge in [0.15, 0.2) is 0 Å². The van der Waals surface area contributed by atoms with Gasteiger partial charge in [-0.2, -0.15) is 0 Å².